The van der Waals surface area contributed by atoms with Crippen LogP contribution >= 0.6 is 0 Å². The van der Waals surface area contributed by atoms with Gasteiger partial charge < -0.3 is 10.0 Å². The molecule has 1 aromatic rings. The van der Waals surface area contributed by atoms with Crippen LogP contribution in [-0.4, -0.2) is 27.9 Å². The lowest BCUT2D eigenvalue weighted by atomic mass is 9.90. The van der Waals surface area contributed by atoms with Crippen molar-refractivity contribution in [3.63, 3.8) is 0 Å². The first-order valence-electron chi connectivity index (χ1n) is 7.61. The molecule has 1 fully saturated rings. The average molecular weight is 317 g/mol. The van der Waals surface area contributed by atoms with Crippen LogP contribution in [0.5, 0.6) is 0 Å². The Morgan fingerprint density at radius 1 is 1.30 bits per heavy atom. The zero-order valence-corrected chi connectivity index (χ0v) is 12.8. The van der Waals surface area contributed by atoms with Crippen molar-refractivity contribution >= 4 is 11.9 Å². The molecule has 1 aliphatic rings. The zero-order chi connectivity index (χ0) is 16.8. The molecule has 0 saturated carbocycles. The van der Waals surface area contributed by atoms with Crippen LogP contribution in [0, 0.1) is 5.82 Å². The van der Waals surface area contributed by atoms with E-state index in [1.54, 1.807) is 23.1 Å². The maximum atomic E-state index is 13.1. The van der Waals surface area contributed by atoms with Crippen molar-refractivity contribution in [1.29, 1.82) is 0 Å². The van der Waals surface area contributed by atoms with Crippen LogP contribution in [-0.2, 0) is 9.59 Å². The molecule has 1 aromatic carbocycles. The largest absolute Gasteiger partial charge is 0.478 e. The van der Waals surface area contributed by atoms with Crippen LogP contribution < -0.4 is 0 Å². The topological polar surface area (TPSA) is 57.6 Å². The predicted octanol–water partition coefficient (Wildman–Crippen LogP) is 3.46. The van der Waals surface area contributed by atoms with E-state index in [-0.39, 0.29) is 30.2 Å². The summed E-state index contributed by atoms with van der Waals surface area (Å²) in [5.74, 6) is -1.46. The van der Waals surface area contributed by atoms with Crippen LogP contribution in [0.1, 0.15) is 37.3 Å². The predicted molar refractivity (Wildman–Crippen MR) is 85.2 cm³/mol. The molecule has 1 aliphatic heterocycles. The van der Waals surface area contributed by atoms with Gasteiger partial charge in [-0.1, -0.05) is 24.3 Å². The Labute approximate surface area is 134 Å². The van der Waals surface area contributed by atoms with Gasteiger partial charge >= 0.3 is 5.97 Å². The minimum Gasteiger partial charge on any atom is -0.478 e. The van der Waals surface area contributed by atoms with E-state index in [9.17, 15) is 14.0 Å². The lowest BCUT2D eigenvalue weighted by molar-refractivity contribution is -0.136. The normalized spacial score (nSPS) is 21.3. The highest BCUT2D eigenvalue weighted by Crippen LogP contribution is 2.35. The second-order valence-electron chi connectivity index (χ2n) is 5.56. The maximum Gasteiger partial charge on any atom is 0.328 e. The van der Waals surface area contributed by atoms with Crippen molar-refractivity contribution in [3.8, 4) is 0 Å². The minimum absolute atomic E-state index is 0.103. The van der Waals surface area contributed by atoms with E-state index in [4.69, 9.17) is 5.11 Å². The summed E-state index contributed by atoms with van der Waals surface area (Å²) in [5.41, 5.74) is 0.859. The van der Waals surface area contributed by atoms with E-state index in [2.05, 4.69) is 6.58 Å². The number of nitrogens with zero attached hydrogens (tertiary/aromatic N) is 1. The van der Waals surface area contributed by atoms with Crippen molar-refractivity contribution in [2.75, 3.05) is 0 Å². The molecule has 1 heterocycles. The Bertz CT molecular complexity index is 609. The number of rotatable bonds is 5. The summed E-state index contributed by atoms with van der Waals surface area (Å²) < 4.78 is 13.1. The van der Waals surface area contributed by atoms with Gasteiger partial charge in [0, 0.05) is 12.5 Å². The summed E-state index contributed by atoms with van der Waals surface area (Å²) >= 11 is 0. The van der Waals surface area contributed by atoms with Crippen molar-refractivity contribution in [1.82, 2.24) is 4.90 Å². The molecule has 4 nitrogen and oxygen atoms in total. The minimum atomic E-state index is -1.04. The Balaban J connectivity index is 2.33. The smallest absolute Gasteiger partial charge is 0.328 e. The van der Waals surface area contributed by atoms with Crippen LogP contribution in [0.25, 0.3) is 0 Å². The molecule has 0 spiro atoms. The number of hydrogen-bond acceptors (Lipinski definition) is 2. The zero-order valence-electron chi connectivity index (χ0n) is 12.8. The van der Waals surface area contributed by atoms with Crippen molar-refractivity contribution in [2.45, 2.75) is 37.8 Å². The fourth-order valence-corrected chi connectivity index (χ4v) is 3.01. The highest BCUT2D eigenvalue weighted by Gasteiger charge is 2.33. The van der Waals surface area contributed by atoms with Crippen LogP contribution in [0.15, 0.2) is 49.1 Å². The summed E-state index contributed by atoms with van der Waals surface area (Å²) in [6.45, 7) is 3.59. The van der Waals surface area contributed by atoms with Gasteiger partial charge in [-0.3, -0.25) is 4.79 Å². The van der Waals surface area contributed by atoms with Gasteiger partial charge in [0.25, 0.3) is 0 Å². The van der Waals surface area contributed by atoms with Gasteiger partial charge in [0.15, 0.2) is 0 Å². The third-order valence-corrected chi connectivity index (χ3v) is 3.99. The number of aliphatic carboxylic acids is 1. The molecule has 23 heavy (non-hydrogen) atoms. The monoisotopic (exact) mass is 317 g/mol. The fraction of sp³-hybridized carbons (Fsp3) is 0.333. The van der Waals surface area contributed by atoms with Crippen LogP contribution in [0.4, 0.5) is 4.39 Å². The van der Waals surface area contributed by atoms with Crippen molar-refractivity contribution in [2.24, 2.45) is 0 Å². The fourth-order valence-electron chi connectivity index (χ4n) is 3.01. The molecular formula is C18H20FNO3. The number of amides is 1. The Morgan fingerprint density at radius 3 is 2.61 bits per heavy atom. The van der Waals surface area contributed by atoms with Crippen molar-refractivity contribution in [3.05, 3.63) is 60.5 Å². The molecular weight excluding hydrogens is 297 g/mol. The Morgan fingerprint density at radius 2 is 2.00 bits per heavy atom. The highest BCUT2D eigenvalue weighted by molar-refractivity contribution is 5.81. The van der Waals surface area contributed by atoms with E-state index < -0.39 is 5.97 Å². The third kappa shape index (κ3) is 4.28. The number of piperidine rings is 1. The van der Waals surface area contributed by atoms with Crippen LogP contribution in [0.3, 0.4) is 0 Å². The molecule has 122 valence electrons. The number of carbonyl (C=O) groups excluding carboxylic acids is 1. The summed E-state index contributed by atoms with van der Waals surface area (Å²) in [6.07, 6.45) is 6.71. The van der Waals surface area contributed by atoms with Gasteiger partial charge in [-0.05, 0) is 37.0 Å². The summed E-state index contributed by atoms with van der Waals surface area (Å²) in [6, 6.07) is 5.65. The van der Waals surface area contributed by atoms with E-state index in [1.165, 1.54) is 18.2 Å². The quantitative estimate of drug-likeness (QED) is 0.668. The molecule has 1 amide bonds. The second-order valence-corrected chi connectivity index (χ2v) is 5.56. The third-order valence-electron chi connectivity index (χ3n) is 3.99. The number of benzene rings is 1. The van der Waals surface area contributed by atoms with E-state index in [1.807, 2.05) is 0 Å². The maximum absolute atomic E-state index is 13.1. The molecule has 1 saturated heterocycles. The first kappa shape index (κ1) is 16.9. The molecule has 5 heteroatoms. The summed E-state index contributed by atoms with van der Waals surface area (Å²) in [5, 5.41) is 8.84. The second kappa shape index (κ2) is 7.72. The molecule has 0 aromatic heterocycles. The van der Waals surface area contributed by atoms with Gasteiger partial charge in [0.1, 0.15) is 5.82 Å². The number of halogens is 1. The first-order chi connectivity index (χ1) is 11.0. The van der Waals surface area contributed by atoms with Crippen LogP contribution in [0.2, 0.25) is 0 Å². The van der Waals surface area contributed by atoms with E-state index >= 15 is 0 Å². The number of likely N-dealkylation sites (tertiary alicyclic amines) is 1. The molecule has 2 atom stereocenters. The van der Waals surface area contributed by atoms with Crippen molar-refractivity contribution < 1.29 is 19.1 Å². The Hall–Kier alpha value is -2.43. The van der Waals surface area contributed by atoms with E-state index in [0.29, 0.717) is 6.42 Å². The highest BCUT2D eigenvalue weighted by atomic mass is 19.1. The van der Waals surface area contributed by atoms with Gasteiger partial charge in [0.2, 0.25) is 5.91 Å². The molecule has 0 aliphatic carbocycles. The van der Waals surface area contributed by atoms with E-state index in [0.717, 1.165) is 24.5 Å². The molecule has 0 radical (unpaired) electrons. The number of carboxylic acids is 1. The van der Waals surface area contributed by atoms with Gasteiger partial charge in [-0.15, -0.1) is 6.58 Å². The SMILES string of the molecule is C=CCC(=O)N1[C@@H](C=CC(=O)O)CCC[C@H]1c1ccc(F)cc1. The van der Waals surface area contributed by atoms with Gasteiger partial charge in [-0.2, -0.15) is 0 Å². The molecule has 2 rings (SSSR count). The average Bonchev–Trinajstić information content (AvgIpc) is 2.53. The van der Waals surface area contributed by atoms with Gasteiger partial charge in [-0.25, -0.2) is 9.18 Å². The van der Waals surface area contributed by atoms with Gasteiger partial charge in [0.05, 0.1) is 12.1 Å². The standard InChI is InChI=1S/C18H20FNO3/c1-2-4-17(21)20-15(11-12-18(22)23)5-3-6-16(20)13-7-9-14(19)10-8-13/h2,7-12,15-16H,1,3-6H2,(H,22,23)/t15-,16+/m1/s1. The number of carbonyl (C=O) groups is 2. The molecule has 0 bridgehead atoms. The lowest BCUT2D eigenvalue weighted by Gasteiger charge is -2.41. The summed E-state index contributed by atoms with van der Waals surface area (Å²) in [4.78, 5) is 25.0. The Kier molecular flexibility index (Phi) is 5.68. The lowest BCUT2D eigenvalue weighted by Crippen LogP contribution is -2.44. The number of carboxylic acid groups (broad SMARTS) is 1. The summed E-state index contributed by atoms with van der Waals surface area (Å²) in [7, 11) is 0. The number of hydrogen-bond donors (Lipinski definition) is 1. The first-order valence-corrected chi connectivity index (χ1v) is 7.61. The molecule has 1 N–H and O–H groups in total. The molecule has 0 unspecified atom stereocenters.